The molecular formula is C22H29N5O3S. The van der Waals surface area contributed by atoms with Crippen molar-refractivity contribution in [3.05, 3.63) is 64.7 Å². The van der Waals surface area contributed by atoms with Crippen LogP contribution in [0.5, 0.6) is 0 Å². The van der Waals surface area contributed by atoms with Gasteiger partial charge >= 0.3 is 0 Å². The molecule has 1 amide bonds. The van der Waals surface area contributed by atoms with Gasteiger partial charge in [-0.1, -0.05) is 18.2 Å². The number of amides is 1. The van der Waals surface area contributed by atoms with Crippen molar-refractivity contribution in [2.24, 2.45) is 0 Å². The molecule has 0 aliphatic rings. The van der Waals surface area contributed by atoms with Gasteiger partial charge in [0.25, 0.3) is 15.9 Å². The zero-order chi connectivity index (χ0) is 23.1. The predicted molar refractivity (Wildman–Crippen MR) is 120 cm³/mol. The summed E-state index contributed by atoms with van der Waals surface area (Å²) in [5.41, 5.74) is 5.76. The smallest absolute Gasteiger partial charge is 0.268 e. The third kappa shape index (κ3) is 4.28. The second kappa shape index (κ2) is 7.97. The number of sulfonamides is 1. The Morgan fingerprint density at radius 3 is 2.16 bits per heavy atom. The molecular weight excluding hydrogens is 414 g/mol. The molecule has 3 aromatic rings. The van der Waals surface area contributed by atoms with Crippen LogP contribution in [0, 0.1) is 27.7 Å². The number of rotatable bonds is 5. The molecule has 166 valence electrons. The molecule has 0 saturated carbocycles. The summed E-state index contributed by atoms with van der Waals surface area (Å²) < 4.78 is 29.5. The van der Waals surface area contributed by atoms with E-state index in [2.05, 4.69) is 15.4 Å². The lowest BCUT2D eigenvalue weighted by Gasteiger charge is -2.21. The predicted octanol–water partition coefficient (Wildman–Crippen LogP) is 3.29. The van der Waals surface area contributed by atoms with Gasteiger partial charge in [0, 0.05) is 17.1 Å². The van der Waals surface area contributed by atoms with Crippen molar-refractivity contribution in [1.82, 2.24) is 24.6 Å². The average Bonchev–Trinajstić information content (AvgIpc) is 3.16. The number of hydrogen-bond acceptors (Lipinski definition) is 4. The molecule has 0 aliphatic heterocycles. The van der Waals surface area contributed by atoms with Crippen molar-refractivity contribution >= 4 is 15.9 Å². The lowest BCUT2D eigenvalue weighted by molar-refractivity contribution is 0.0944. The number of carbonyl (C=O) groups is 1. The third-order valence-electron chi connectivity index (χ3n) is 5.12. The highest BCUT2D eigenvalue weighted by molar-refractivity contribution is 7.89. The van der Waals surface area contributed by atoms with Gasteiger partial charge in [-0.15, -0.1) is 4.83 Å². The van der Waals surface area contributed by atoms with Crippen LogP contribution in [0.2, 0.25) is 0 Å². The topological polar surface area (TPSA) is 98.0 Å². The van der Waals surface area contributed by atoms with Gasteiger partial charge < -0.3 is 4.57 Å². The molecule has 0 aliphatic carbocycles. The van der Waals surface area contributed by atoms with Gasteiger partial charge in [-0.25, -0.2) is 8.42 Å². The van der Waals surface area contributed by atoms with Crippen LogP contribution in [0.25, 0.3) is 5.69 Å². The van der Waals surface area contributed by atoms with Crippen LogP contribution in [-0.4, -0.2) is 28.7 Å². The Labute approximate surface area is 183 Å². The molecule has 0 spiro atoms. The van der Waals surface area contributed by atoms with E-state index in [1.54, 1.807) is 24.6 Å². The van der Waals surface area contributed by atoms with Crippen molar-refractivity contribution in [3.8, 4) is 5.69 Å². The standard InChI is InChI=1S/C22H29N5O3S/c1-14-13-19(16(3)26(14)18-11-9-8-10-12-18)21(28)23-25-31(29,30)20-15(2)24-27(17(20)4)22(5,6)7/h8-13,25H,1-7H3,(H,23,28). The molecule has 1 aromatic carbocycles. The first kappa shape index (κ1) is 22.8. The van der Waals surface area contributed by atoms with Crippen LogP contribution in [-0.2, 0) is 15.6 Å². The number of aromatic nitrogens is 3. The molecule has 2 N–H and O–H groups in total. The summed E-state index contributed by atoms with van der Waals surface area (Å²) in [6.07, 6.45) is 0. The highest BCUT2D eigenvalue weighted by Gasteiger charge is 2.29. The van der Waals surface area contributed by atoms with Gasteiger partial charge in [0.05, 0.1) is 22.5 Å². The SMILES string of the molecule is Cc1nn(C(C)(C)C)c(C)c1S(=O)(=O)NNC(=O)c1cc(C)n(-c2ccccc2)c1C. The molecule has 3 rings (SSSR count). The van der Waals surface area contributed by atoms with Crippen molar-refractivity contribution in [3.63, 3.8) is 0 Å². The Kier molecular flexibility index (Phi) is 5.86. The quantitative estimate of drug-likeness (QED) is 0.591. The number of aryl methyl sites for hydroxylation is 2. The number of carbonyl (C=O) groups excluding carboxylic acids is 1. The molecule has 2 aromatic heterocycles. The van der Waals surface area contributed by atoms with E-state index in [4.69, 9.17) is 0 Å². The summed E-state index contributed by atoms with van der Waals surface area (Å²) in [6, 6.07) is 11.4. The van der Waals surface area contributed by atoms with Gasteiger partial charge in [-0.2, -0.15) is 5.10 Å². The van der Waals surface area contributed by atoms with Crippen LogP contribution >= 0.6 is 0 Å². The van der Waals surface area contributed by atoms with E-state index >= 15 is 0 Å². The van der Waals surface area contributed by atoms with Crippen molar-refractivity contribution in [2.45, 2.75) is 58.9 Å². The maximum Gasteiger partial charge on any atom is 0.268 e. The van der Waals surface area contributed by atoms with Crippen molar-refractivity contribution in [1.29, 1.82) is 0 Å². The molecule has 0 fully saturated rings. The lowest BCUT2D eigenvalue weighted by Crippen LogP contribution is -2.42. The van der Waals surface area contributed by atoms with E-state index in [9.17, 15) is 13.2 Å². The highest BCUT2D eigenvalue weighted by atomic mass is 32.2. The summed E-state index contributed by atoms with van der Waals surface area (Å²) in [5.74, 6) is -0.530. The van der Waals surface area contributed by atoms with Crippen LogP contribution < -0.4 is 10.3 Å². The van der Waals surface area contributed by atoms with Gasteiger partial charge in [-0.3, -0.25) is 14.9 Å². The van der Waals surface area contributed by atoms with Gasteiger partial charge in [0.15, 0.2) is 0 Å². The molecule has 0 radical (unpaired) electrons. The fourth-order valence-corrected chi connectivity index (χ4v) is 5.10. The normalized spacial score (nSPS) is 12.2. The Bertz CT molecular complexity index is 1230. The van der Waals surface area contributed by atoms with Crippen molar-refractivity contribution < 1.29 is 13.2 Å². The second-order valence-electron chi connectivity index (χ2n) is 8.60. The Hall–Kier alpha value is -2.91. The first-order valence-electron chi connectivity index (χ1n) is 9.98. The zero-order valence-electron chi connectivity index (χ0n) is 18.9. The van der Waals surface area contributed by atoms with Crippen LogP contribution in [0.15, 0.2) is 41.3 Å². The lowest BCUT2D eigenvalue weighted by atomic mass is 10.1. The summed E-state index contributed by atoms with van der Waals surface area (Å²) in [5, 5.41) is 4.38. The number of hydrazine groups is 1. The first-order valence-corrected chi connectivity index (χ1v) is 11.5. The Balaban J connectivity index is 1.86. The maximum absolute atomic E-state index is 12.9. The average molecular weight is 444 g/mol. The molecule has 9 heteroatoms. The fourth-order valence-electron chi connectivity index (χ4n) is 3.87. The van der Waals surface area contributed by atoms with E-state index in [1.165, 1.54) is 0 Å². The molecule has 0 atom stereocenters. The van der Waals surface area contributed by atoms with Crippen LogP contribution in [0.4, 0.5) is 0 Å². The second-order valence-corrected chi connectivity index (χ2v) is 10.2. The summed E-state index contributed by atoms with van der Waals surface area (Å²) in [6.45, 7) is 12.9. The third-order valence-corrected chi connectivity index (χ3v) is 6.62. The Morgan fingerprint density at radius 2 is 1.61 bits per heavy atom. The zero-order valence-corrected chi connectivity index (χ0v) is 19.8. The Morgan fingerprint density at radius 1 is 1.00 bits per heavy atom. The fraction of sp³-hybridized carbons (Fsp3) is 0.364. The molecule has 0 unspecified atom stereocenters. The minimum Gasteiger partial charge on any atom is -0.318 e. The molecule has 2 heterocycles. The molecule has 31 heavy (non-hydrogen) atoms. The number of benzene rings is 1. The summed E-state index contributed by atoms with van der Waals surface area (Å²) >= 11 is 0. The minimum atomic E-state index is -4.00. The molecule has 0 saturated heterocycles. The van der Waals surface area contributed by atoms with Gasteiger partial charge in [-0.05, 0) is 66.7 Å². The van der Waals surface area contributed by atoms with Gasteiger partial charge in [0.1, 0.15) is 4.90 Å². The van der Waals surface area contributed by atoms with Gasteiger partial charge in [0.2, 0.25) is 0 Å². The van der Waals surface area contributed by atoms with E-state index in [1.807, 2.05) is 69.5 Å². The van der Waals surface area contributed by atoms with Crippen LogP contribution in [0.3, 0.4) is 0 Å². The van der Waals surface area contributed by atoms with Crippen molar-refractivity contribution in [2.75, 3.05) is 0 Å². The number of para-hydroxylation sites is 1. The monoisotopic (exact) mass is 443 g/mol. The highest BCUT2D eigenvalue weighted by Crippen LogP contribution is 2.25. The maximum atomic E-state index is 12.9. The van der Waals surface area contributed by atoms with E-state index in [0.29, 0.717) is 22.6 Å². The first-order chi connectivity index (χ1) is 14.3. The van der Waals surface area contributed by atoms with E-state index < -0.39 is 15.9 Å². The molecule has 8 nitrogen and oxygen atoms in total. The number of nitrogens with one attached hydrogen (secondary N) is 2. The van der Waals surface area contributed by atoms with Crippen LogP contribution in [0.1, 0.15) is 53.9 Å². The van der Waals surface area contributed by atoms with E-state index in [-0.39, 0.29) is 10.4 Å². The largest absolute Gasteiger partial charge is 0.318 e. The summed E-state index contributed by atoms with van der Waals surface area (Å²) in [7, 11) is -4.00. The minimum absolute atomic E-state index is 0.0671. The van der Waals surface area contributed by atoms with E-state index in [0.717, 1.165) is 11.4 Å². The number of nitrogens with zero attached hydrogens (tertiary/aromatic N) is 3. The molecule has 0 bridgehead atoms. The number of hydrogen-bond donors (Lipinski definition) is 2. The summed E-state index contributed by atoms with van der Waals surface area (Å²) in [4.78, 5) is 15.1.